The number of nitrogens with zero attached hydrogens (tertiary/aromatic N) is 2. The molecule has 0 aliphatic rings. The minimum atomic E-state index is -3.66. The molecule has 3 aromatic carbocycles. The van der Waals surface area contributed by atoms with Crippen LogP contribution in [0.4, 0.5) is 5.69 Å². The number of hydrogen-bond acceptors (Lipinski definition) is 5. The number of benzene rings is 3. The number of para-hydroxylation sites is 2. The van der Waals surface area contributed by atoms with Gasteiger partial charge < -0.3 is 15.0 Å². The van der Waals surface area contributed by atoms with E-state index in [9.17, 15) is 18.0 Å². The predicted molar refractivity (Wildman–Crippen MR) is 168 cm³/mol. The van der Waals surface area contributed by atoms with Crippen LogP contribution in [-0.4, -0.2) is 56.6 Å². The molecular weight excluding hydrogens is 574 g/mol. The molecular formula is C32H40ClN3O5S. The molecule has 10 heteroatoms. The van der Waals surface area contributed by atoms with E-state index in [-0.39, 0.29) is 43.8 Å². The second-order valence-corrected chi connectivity index (χ2v) is 12.7. The van der Waals surface area contributed by atoms with Gasteiger partial charge in [0.25, 0.3) is 0 Å². The van der Waals surface area contributed by atoms with Crippen LogP contribution in [0.3, 0.4) is 0 Å². The van der Waals surface area contributed by atoms with E-state index >= 15 is 0 Å². The van der Waals surface area contributed by atoms with Crippen LogP contribution >= 0.6 is 11.6 Å². The molecule has 3 aromatic rings. The third-order valence-corrected chi connectivity index (χ3v) is 7.94. The summed E-state index contributed by atoms with van der Waals surface area (Å²) >= 11 is 6.25. The lowest BCUT2D eigenvalue weighted by molar-refractivity contribution is -0.141. The maximum Gasteiger partial charge on any atom is 0.243 e. The van der Waals surface area contributed by atoms with E-state index in [4.69, 9.17) is 16.3 Å². The van der Waals surface area contributed by atoms with E-state index in [1.165, 1.54) is 4.31 Å². The number of nitrogens with one attached hydrogen (secondary N) is 1. The molecule has 0 aromatic heterocycles. The molecule has 0 unspecified atom stereocenters. The Morgan fingerprint density at radius 3 is 2.26 bits per heavy atom. The van der Waals surface area contributed by atoms with Gasteiger partial charge in [-0.25, -0.2) is 8.42 Å². The van der Waals surface area contributed by atoms with Crippen molar-refractivity contribution in [1.82, 2.24) is 10.2 Å². The summed E-state index contributed by atoms with van der Waals surface area (Å²) in [5.74, 6) is -0.0680. The van der Waals surface area contributed by atoms with Gasteiger partial charge in [0.05, 0.1) is 18.6 Å². The summed E-state index contributed by atoms with van der Waals surface area (Å²) in [5, 5.41) is 3.50. The van der Waals surface area contributed by atoms with Gasteiger partial charge in [-0.05, 0) is 62.6 Å². The number of sulfonamides is 1. The first-order valence-corrected chi connectivity index (χ1v) is 16.3. The van der Waals surface area contributed by atoms with Crippen LogP contribution in [0, 0.1) is 0 Å². The topological polar surface area (TPSA) is 96.0 Å². The van der Waals surface area contributed by atoms with Crippen LogP contribution in [0.25, 0.3) is 0 Å². The van der Waals surface area contributed by atoms with E-state index in [0.717, 1.165) is 17.4 Å². The molecule has 0 spiro atoms. The van der Waals surface area contributed by atoms with Crippen molar-refractivity contribution in [1.29, 1.82) is 0 Å². The minimum Gasteiger partial charge on any atom is -0.492 e. The molecule has 3 rings (SSSR count). The first kappa shape index (κ1) is 32.9. The van der Waals surface area contributed by atoms with Gasteiger partial charge in [-0.15, -0.1) is 0 Å². The molecule has 0 heterocycles. The van der Waals surface area contributed by atoms with Gasteiger partial charge in [-0.3, -0.25) is 13.9 Å². The Kier molecular flexibility index (Phi) is 12.2. The van der Waals surface area contributed by atoms with Crippen molar-refractivity contribution < 1.29 is 22.7 Å². The number of carbonyl (C=O) groups is 2. The molecule has 0 fully saturated rings. The third kappa shape index (κ3) is 9.77. The van der Waals surface area contributed by atoms with E-state index in [1.54, 1.807) is 47.4 Å². The van der Waals surface area contributed by atoms with Gasteiger partial charge in [0, 0.05) is 37.0 Å². The second kappa shape index (κ2) is 15.6. The van der Waals surface area contributed by atoms with E-state index in [2.05, 4.69) is 5.32 Å². The third-order valence-electron chi connectivity index (χ3n) is 6.53. The fraction of sp³-hybridized carbons (Fsp3) is 0.375. The van der Waals surface area contributed by atoms with Crippen LogP contribution in [0.5, 0.6) is 5.75 Å². The van der Waals surface area contributed by atoms with E-state index in [0.29, 0.717) is 29.5 Å². The first-order valence-electron chi connectivity index (χ1n) is 14.1. The summed E-state index contributed by atoms with van der Waals surface area (Å²) in [6.45, 7) is 6.20. The molecule has 1 N–H and O–H groups in total. The van der Waals surface area contributed by atoms with Gasteiger partial charge in [-0.2, -0.15) is 0 Å². The number of halogens is 1. The van der Waals surface area contributed by atoms with Crippen LogP contribution in [0.15, 0.2) is 78.9 Å². The first-order chi connectivity index (χ1) is 20.0. The highest BCUT2D eigenvalue weighted by Gasteiger charge is 2.31. The quantitative estimate of drug-likeness (QED) is 0.246. The van der Waals surface area contributed by atoms with E-state index < -0.39 is 16.1 Å². The highest BCUT2D eigenvalue weighted by molar-refractivity contribution is 7.92. The minimum absolute atomic E-state index is 0.0314. The highest BCUT2D eigenvalue weighted by Crippen LogP contribution is 2.30. The number of carbonyl (C=O) groups excluding carboxylic acids is 2. The maximum absolute atomic E-state index is 13.9. The molecule has 0 saturated heterocycles. The number of amides is 2. The molecule has 42 heavy (non-hydrogen) atoms. The summed E-state index contributed by atoms with van der Waals surface area (Å²) in [6.07, 6.45) is 1.73. The number of hydrogen-bond donors (Lipinski definition) is 1. The Balaban J connectivity index is 1.90. The molecule has 0 bridgehead atoms. The van der Waals surface area contributed by atoms with Crippen molar-refractivity contribution in [2.24, 2.45) is 0 Å². The van der Waals surface area contributed by atoms with Crippen molar-refractivity contribution in [3.63, 3.8) is 0 Å². The van der Waals surface area contributed by atoms with Crippen molar-refractivity contribution in [3.05, 3.63) is 95.0 Å². The molecule has 1 atom stereocenters. The van der Waals surface area contributed by atoms with Crippen LogP contribution in [-0.2, 0) is 32.6 Å². The summed E-state index contributed by atoms with van der Waals surface area (Å²) in [6, 6.07) is 22.8. The Morgan fingerprint density at radius 1 is 0.952 bits per heavy atom. The zero-order valence-electron chi connectivity index (χ0n) is 24.6. The predicted octanol–water partition coefficient (Wildman–Crippen LogP) is 5.45. The Bertz CT molecular complexity index is 1430. The van der Waals surface area contributed by atoms with Crippen LogP contribution in [0.2, 0.25) is 5.02 Å². The Morgan fingerprint density at radius 2 is 1.62 bits per heavy atom. The average molecular weight is 614 g/mol. The summed E-state index contributed by atoms with van der Waals surface area (Å²) in [5.41, 5.74) is 2.12. The smallest absolute Gasteiger partial charge is 0.243 e. The van der Waals surface area contributed by atoms with Gasteiger partial charge in [0.15, 0.2) is 0 Å². The SMILES string of the molecule is CCOc1ccccc1N(CCCC(=O)N(Cc1cccc(Cl)c1)[C@H](Cc1ccccc1)C(=O)NC(C)C)S(C)(=O)=O. The number of rotatable bonds is 15. The molecule has 0 aliphatic heterocycles. The Hall–Kier alpha value is -3.56. The normalized spacial score (nSPS) is 12.0. The fourth-order valence-corrected chi connectivity index (χ4v) is 5.87. The fourth-order valence-electron chi connectivity index (χ4n) is 4.69. The van der Waals surface area contributed by atoms with Gasteiger partial charge >= 0.3 is 0 Å². The zero-order valence-corrected chi connectivity index (χ0v) is 26.2. The maximum atomic E-state index is 13.9. The van der Waals surface area contributed by atoms with Gasteiger partial charge in [0.2, 0.25) is 21.8 Å². The van der Waals surface area contributed by atoms with Gasteiger partial charge in [0.1, 0.15) is 11.8 Å². The highest BCUT2D eigenvalue weighted by atomic mass is 35.5. The lowest BCUT2D eigenvalue weighted by Gasteiger charge is -2.32. The van der Waals surface area contributed by atoms with Crippen LogP contribution < -0.4 is 14.4 Å². The molecule has 226 valence electrons. The van der Waals surface area contributed by atoms with Crippen molar-refractivity contribution in [2.75, 3.05) is 23.7 Å². The zero-order chi connectivity index (χ0) is 30.7. The monoisotopic (exact) mass is 613 g/mol. The van der Waals surface area contributed by atoms with Crippen LogP contribution in [0.1, 0.15) is 44.7 Å². The van der Waals surface area contributed by atoms with E-state index in [1.807, 2.05) is 57.2 Å². The lowest BCUT2D eigenvalue weighted by Crippen LogP contribution is -2.51. The molecule has 0 radical (unpaired) electrons. The standard InChI is InChI=1S/C32H40ClN3O5S/c1-5-41-30-18-10-9-17-28(30)36(42(4,39)40)20-12-19-31(37)35(23-26-15-11-16-27(33)21-26)29(32(38)34-24(2)3)22-25-13-7-6-8-14-25/h6-11,13-18,21,24,29H,5,12,19-20,22-23H2,1-4H3,(H,34,38)/t29-/m1/s1. The summed E-state index contributed by atoms with van der Waals surface area (Å²) in [7, 11) is -3.66. The average Bonchev–Trinajstić information content (AvgIpc) is 2.93. The number of ether oxygens (including phenoxy) is 1. The summed E-state index contributed by atoms with van der Waals surface area (Å²) < 4.78 is 32.5. The lowest BCUT2D eigenvalue weighted by atomic mass is 10.0. The molecule has 0 aliphatic carbocycles. The second-order valence-electron chi connectivity index (χ2n) is 10.4. The molecule has 0 saturated carbocycles. The molecule has 8 nitrogen and oxygen atoms in total. The Labute approximate surface area is 254 Å². The van der Waals surface area contributed by atoms with Gasteiger partial charge in [-0.1, -0.05) is 66.2 Å². The largest absolute Gasteiger partial charge is 0.492 e. The van der Waals surface area contributed by atoms with Crippen molar-refractivity contribution in [3.8, 4) is 5.75 Å². The molecule has 2 amide bonds. The van der Waals surface area contributed by atoms with Crippen molar-refractivity contribution >= 4 is 39.1 Å². The summed E-state index contributed by atoms with van der Waals surface area (Å²) in [4.78, 5) is 29.0. The van der Waals surface area contributed by atoms with Crippen molar-refractivity contribution in [2.45, 2.75) is 58.7 Å². The number of anilines is 1.